The summed E-state index contributed by atoms with van der Waals surface area (Å²) in [5.74, 6) is 1.36. The van der Waals surface area contributed by atoms with Gasteiger partial charge in [0.25, 0.3) is 0 Å². The van der Waals surface area contributed by atoms with Crippen molar-refractivity contribution in [3.05, 3.63) is 0 Å². The van der Waals surface area contributed by atoms with Crippen LogP contribution in [0.4, 0.5) is 11.9 Å². The first-order valence-electron chi connectivity index (χ1n) is 5.97. The summed E-state index contributed by atoms with van der Waals surface area (Å²) in [6, 6.07) is 0. The van der Waals surface area contributed by atoms with Crippen LogP contribution in [0.1, 0.15) is 25.7 Å². The van der Waals surface area contributed by atoms with Gasteiger partial charge in [-0.2, -0.15) is 15.0 Å². The number of hydrogen-bond acceptors (Lipinski definition) is 6. The maximum Gasteiger partial charge on any atom is 0.230 e. The lowest BCUT2D eigenvalue weighted by molar-refractivity contribution is 0.849. The largest absolute Gasteiger partial charge is 0.357 e. The zero-order chi connectivity index (χ0) is 12.3. The Hall–Kier alpha value is -1.04. The van der Waals surface area contributed by atoms with Crippen molar-refractivity contribution in [2.45, 2.75) is 36.1 Å². The summed E-state index contributed by atoms with van der Waals surface area (Å²) >= 11 is 1.78. The SMILES string of the molecule is CNc1nc(SC2CCCC2)nc(N(C)C)n1. The maximum atomic E-state index is 4.47. The molecule has 0 unspecified atom stereocenters. The molecule has 17 heavy (non-hydrogen) atoms. The fraction of sp³-hybridized carbons (Fsp3) is 0.727. The fourth-order valence-electron chi connectivity index (χ4n) is 1.87. The van der Waals surface area contributed by atoms with Crippen molar-refractivity contribution in [1.29, 1.82) is 0 Å². The van der Waals surface area contributed by atoms with Crippen molar-refractivity contribution in [1.82, 2.24) is 15.0 Å². The summed E-state index contributed by atoms with van der Waals surface area (Å²) in [6.45, 7) is 0. The quantitative estimate of drug-likeness (QED) is 0.886. The van der Waals surface area contributed by atoms with Gasteiger partial charge in [-0.1, -0.05) is 24.6 Å². The molecule has 0 atom stereocenters. The Morgan fingerprint density at radius 1 is 1.18 bits per heavy atom. The van der Waals surface area contributed by atoms with Crippen LogP contribution in [0.25, 0.3) is 0 Å². The molecule has 0 aromatic carbocycles. The van der Waals surface area contributed by atoms with Gasteiger partial charge in [0, 0.05) is 26.4 Å². The molecular weight excluding hydrogens is 234 g/mol. The molecule has 0 amide bonds. The van der Waals surface area contributed by atoms with E-state index >= 15 is 0 Å². The first kappa shape index (κ1) is 12.4. The smallest absolute Gasteiger partial charge is 0.230 e. The van der Waals surface area contributed by atoms with E-state index in [4.69, 9.17) is 0 Å². The molecule has 1 aromatic heterocycles. The van der Waals surface area contributed by atoms with E-state index in [1.54, 1.807) is 11.8 Å². The molecule has 0 bridgehead atoms. The second-order valence-electron chi connectivity index (χ2n) is 4.41. The van der Waals surface area contributed by atoms with Gasteiger partial charge in [-0.15, -0.1) is 0 Å². The molecule has 94 valence electrons. The molecule has 1 aliphatic rings. The van der Waals surface area contributed by atoms with Gasteiger partial charge in [0.1, 0.15) is 0 Å². The molecule has 0 radical (unpaired) electrons. The molecule has 1 fully saturated rings. The molecule has 1 saturated carbocycles. The second-order valence-corrected chi connectivity index (χ2v) is 5.68. The molecule has 6 heteroatoms. The lowest BCUT2D eigenvalue weighted by Gasteiger charge is -2.13. The summed E-state index contributed by atoms with van der Waals surface area (Å²) in [5, 5.41) is 4.50. The van der Waals surface area contributed by atoms with Crippen molar-refractivity contribution < 1.29 is 0 Å². The molecule has 5 nitrogen and oxygen atoms in total. The van der Waals surface area contributed by atoms with E-state index in [2.05, 4.69) is 20.3 Å². The van der Waals surface area contributed by atoms with Crippen LogP contribution in [0.3, 0.4) is 0 Å². The lowest BCUT2D eigenvalue weighted by Crippen LogP contribution is -2.15. The molecule has 1 aromatic rings. The van der Waals surface area contributed by atoms with Crippen LogP contribution >= 0.6 is 11.8 Å². The molecule has 0 spiro atoms. The van der Waals surface area contributed by atoms with Crippen molar-refractivity contribution in [3.63, 3.8) is 0 Å². The summed E-state index contributed by atoms with van der Waals surface area (Å²) in [7, 11) is 5.72. The average molecular weight is 253 g/mol. The number of thioether (sulfide) groups is 1. The zero-order valence-corrected chi connectivity index (χ0v) is 11.4. The van der Waals surface area contributed by atoms with Crippen LogP contribution in [0.15, 0.2) is 5.16 Å². The number of nitrogens with one attached hydrogen (secondary N) is 1. The van der Waals surface area contributed by atoms with E-state index in [-0.39, 0.29) is 0 Å². The summed E-state index contributed by atoms with van der Waals surface area (Å²) in [4.78, 5) is 15.1. The number of hydrogen-bond donors (Lipinski definition) is 1. The highest BCUT2D eigenvalue weighted by Crippen LogP contribution is 2.33. The molecule has 2 rings (SSSR count). The van der Waals surface area contributed by atoms with Gasteiger partial charge in [0.2, 0.25) is 11.9 Å². The van der Waals surface area contributed by atoms with Crippen LogP contribution in [-0.2, 0) is 0 Å². The highest BCUT2D eigenvalue weighted by atomic mass is 32.2. The third-order valence-corrected chi connectivity index (χ3v) is 4.00. The Morgan fingerprint density at radius 3 is 2.47 bits per heavy atom. The van der Waals surface area contributed by atoms with Crippen LogP contribution < -0.4 is 10.2 Å². The Bertz CT molecular complexity index is 376. The number of rotatable bonds is 4. The number of nitrogens with zero attached hydrogens (tertiary/aromatic N) is 4. The number of aromatic nitrogens is 3. The van der Waals surface area contributed by atoms with Gasteiger partial charge in [0.15, 0.2) is 5.16 Å². The summed E-state index contributed by atoms with van der Waals surface area (Å²) in [6.07, 6.45) is 5.23. The molecule has 1 N–H and O–H groups in total. The standard InChI is InChI=1S/C11H19N5S/c1-12-9-13-10(16(2)3)15-11(14-9)17-8-6-4-5-7-8/h8H,4-7H2,1-3H3,(H,12,13,14,15). The third kappa shape index (κ3) is 3.21. The Morgan fingerprint density at radius 2 is 1.88 bits per heavy atom. The summed E-state index contributed by atoms with van der Waals surface area (Å²) < 4.78 is 0. The average Bonchev–Trinajstić information content (AvgIpc) is 2.81. The van der Waals surface area contributed by atoms with Gasteiger partial charge < -0.3 is 10.2 Å². The van der Waals surface area contributed by atoms with Crippen LogP contribution in [-0.4, -0.2) is 41.3 Å². The van der Waals surface area contributed by atoms with Gasteiger partial charge in [-0.05, 0) is 12.8 Å². The van der Waals surface area contributed by atoms with Crippen molar-refractivity contribution in [3.8, 4) is 0 Å². The topological polar surface area (TPSA) is 53.9 Å². The van der Waals surface area contributed by atoms with Crippen molar-refractivity contribution in [2.75, 3.05) is 31.4 Å². The van der Waals surface area contributed by atoms with E-state index in [1.165, 1.54) is 25.7 Å². The second kappa shape index (κ2) is 5.53. The minimum Gasteiger partial charge on any atom is -0.357 e. The fourth-order valence-corrected chi connectivity index (χ4v) is 3.01. The highest BCUT2D eigenvalue weighted by molar-refractivity contribution is 7.99. The van der Waals surface area contributed by atoms with Crippen molar-refractivity contribution >= 4 is 23.7 Å². The predicted octanol–water partition coefficient (Wildman–Crippen LogP) is 2.01. The Kier molecular flexibility index (Phi) is 4.04. The van der Waals surface area contributed by atoms with E-state index in [0.717, 1.165) is 5.16 Å². The minimum atomic E-state index is 0.643. The van der Waals surface area contributed by atoms with Gasteiger partial charge in [0.05, 0.1) is 0 Å². The summed E-state index contributed by atoms with van der Waals surface area (Å²) in [5.41, 5.74) is 0. The van der Waals surface area contributed by atoms with E-state index in [1.807, 2.05) is 26.0 Å². The van der Waals surface area contributed by atoms with E-state index in [9.17, 15) is 0 Å². The van der Waals surface area contributed by atoms with Gasteiger partial charge in [-0.3, -0.25) is 0 Å². The van der Waals surface area contributed by atoms with Crippen LogP contribution in [0.5, 0.6) is 0 Å². The van der Waals surface area contributed by atoms with Crippen LogP contribution in [0, 0.1) is 0 Å². The highest BCUT2D eigenvalue weighted by Gasteiger charge is 2.18. The molecule has 0 saturated heterocycles. The monoisotopic (exact) mass is 253 g/mol. The van der Waals surface area contributed by atoms with E-state index < -0.39 is 0 Å². The normalized spacial score (nSPS) is 16.2. The molecule has 1 heterocycles. The van der Waals surface area contributed by atoms with Crippen molar-refractivity contribution in [2.24, 2.45) is 0 Å². The lowest BCUT2D eigenvalue weighted by atomic mass is 10.4. The van der Waals surface area contributed by atoms with Crippen LogP contribution in [0.2, 0.25) is 0 Å². The first-order valence-corrected chi connectivity index (χ1v) is 6.85. The molecule has 1 aliphatic carbocycles. The first-order chi connectivity index (χ1) is 8.19. The third-order valence-electron chi connectivity index (χ3n) is 2.80. The Labute approximate surface area is 106 Å². The number of anilines is 2. The maximum absolute atomic E-state index is 4.47. The van der Waals surface area contributed by atoms with E-state index in [0.29, 0.717) is 17.1 Å². The zero-order valence-electron chi connectivity index (χ0n) is 10.6. The predicted molar refractivity (Wildman–Crippen MR) is 71.8 cm³/mol. The molecule has 0 aliphatic heterocycles. The Balaban J connectivity index is 2.16. The minimum absolute atomic E-state index is 0.643. The molecular formula is C11H19N5S. The van der Waals surface area contributed by atoms with Gasteiger partial charge in [-0.25, -0.2) is 0 Å². The van der Waals surface area contributed by atoms with Gasteiger partial charge >= 0.3 is 0 Å².